The summed E-state index contributed by atoms with van der Waals surface area (Å²) in [5, 5.41) is 11.2. The van der Waals surface area contributed by atoms with Crippen LogP contribution in [0.3, 0.4) is 0 Å². The van der Waals surface area contributed by atoms with Crippen molar-refractivity contribution in [2.45, 2.75) is 6.92 Å². The zero-order chi connectivity index (χ0) is 22.4. The van der Waals surface area contributed by atoms with E-state index < -0.39 is 11.8 Å². The summed E-state index contributed by atoms with van der Waals surface area (Å²) in [6.45, 7) is 2.26. The second-order valence-corrected chi connectivity index (χ2v) is 6.63. The van der Waals surface area contributed by atoms with Crippen molar-refractivity contribution < 1.29 is 23.8 Å². The molecule has 158 valence electrons. The number of hydrogen-bond donors (Lipinski definition) is 1. The maximum absolute atomic E-state index is 13.1. The normalized spacial score (nSPS) is 14.8. The van der Waals surface area contributed by atoms with E-state index in [9.17, 15) is 9.59 Å². The van der Waals surface area contributed by atoms with Crippen molar-refractivity contribution in [1.29, 1.82) is 5.26 Å². The number of nitrogens with one attached hydrogen (secondary N) is 1. The van der Waals surface area contributed by atoms with Gasteiger partial charge in [0, 0.05) is 0 Å². The number of hydrogen-bond acceptors (Lipinski definition) is 7. The van der Waals surface area contributed by atoms with E-state index in [0.717, 1.165) is 0 Å². The molecule has 0 atom stereocenters. The molecule has 9 heteroatoms. The van der Waals surface area contributed by atoms with E-state index in [4.69, 9.17) is 31.7 Å². The number of nitrogens with zero attached hydrogens (tertiary/aromatic N) is 2. The van der Waals surface area contributed by atoms with Gasteiger partial charge in [-0.2, -0.15) is 5.26 Å². The van der Waals surface area contributed by atoms with Crippen LogP contribution in [0.5, 0.6) is 17.2 Å². The first-order valence-electron chi connectivity index (χ1n) is 9.30. The lowest BCUT2D eigenvalue weighted by Crippen LogP contribution is -2.54. The van der Waals surface area contributed by atoms with Crippen molar-refractivity contribution >= 4 is 40.9 Å². The highest BCUT2D eigenvalue weighted by Crippen LogP contribution is 2.30. The lowest BCUT2D eigenvalue weighted by Gasteiger charge is -2.29. The number of anilines is 1. The van der Waals surface area contributed by atoms with Crippen molar-refractivity contribution in [2.75, 3.05) is 25.2 Å². The Morgan fingerprint density at radius 2 is 1.87 bits per heavy atom. The van der Waals surface area contributed by atoms with Crippen LogP contribution >= 0.6 is 12.2 Å². The molecule has 2 amide bonds. The summed E-state index contributed by atoms with van der Waals surface area (Å²) in [5.41, 5.74) is 0.955. The SMILES string of the molecule is CCOc1ccc(N2C(=O)C(=Cc3ccc(OCC#N)c(OC)c3)C(=O)NC2=S)cc1. The molecule has 0 unspecified atom stereocenters. The highest BCUT2D eigenvalue weighted by Gasteiger charge is 2.34. The summed E-state index contributed by atoms with van der Waals surface area (Å²) in [4.78, 5) is 26.8. The predicted octanol–water partition coefficient (Wildman–Crippen LogP) is 2.83. The van der Waals surface area contributed by atoms with Crippen LogP contribution in [0.4, 0.5) is 5.69 Å². The highest BCUT2D eigenvalue weighted by molar-refractivity contribution is 7.80. The molecule has 1 aliphatic heterocycles. The third-order valence-corrected chi connectivity index (χ3v) is 4.58. The third kappa shape index (κ3) is 4.82. The van der Waals surface area contributed by atoms with Gasteiger partial charge in [0.1, 0.15) is 17.4 Å². The number of nitriles is 1. The Bertz CT molecular complexity index is 1090. The van der Waals surface area contributed by atoms with E-state index in [1.165, 1.54) is 18.1 Å². The summed E-state index contributed by atoms with van der Waals surface area (Å²) in [7, 11) is 1.45. The first-order valence-corrected chi connectivity index (χ1v) is 9.71. The molecule has 0 saturated carbocycles. The number of amides is 2. The maximum Gasteiger partial charge on any atom is 0.270 e. The molecule has 2 aromatic rings. The van der Waals surface area contributed by atoms with Crippen LogP contribution in [-0.2, 0) is 9.59 Å². The summed E-state index contributed by atoms with van der Waals surface area (Å²) in [6, 6.07) is 13.6. The monoisotopic (exact) mass is 437 g/mol. The Labute approximate surface area is 184 Å². The fourth-order valence-electron chi connectivity index (χ4n) is 2.92. The van der Waals surface area contributed by atoms with Crippen molar-refractivity contribution in [3.63, 3.8) is 0 Å². The molecule has 1 heterocycles. The van der Waals surface area contributed by atoms with Gasteiger partial charge in [-0.1, -0.05) is 6.07 Å². The molecule has 3 rings (SSSR count). The molecular formula is C22H19N3O5S. The van der Waals surface area contributed by atoms with E-state index in [2.05, 4.69) is 5.32 Å². The molecule has 1 aliphatic rings. The summed E-state index contributed by atoms with van der Waals surface area (Å²) < 4.78 is 16.0. The first kappa shape index (κ1) is 21.8. The highest BCUT2D eigenvalue weighted by atomic mass is 32.1. The second-order valence-electron chi connectivity index (χ2n) is 6.24. The molecule has 0 aromatic heterocycles. The molecule has 31 heavy (non-hydrogen) atoms. The number of thiocarbonyl (C=S) groups is 1. The largest absolute Gasteiger partial charge is 0.494 e. The van der Waals surface area contributed by atoms with E-state index in [1.807, 2.05) is 13.0 Å². The Morgan fingerprint density at radius 3 is 2.52 bits per heavy atom. The Morgan fingerprint density at radius 1 is 1.13 bits per heavy atom. The average molecular weight is 437 g/mol. The zero-order valence-corrected chi connectivity index (χ0v) is 17.7. The minimum atomic E-state index is -0.596. The molecule has 0 bridgehead atoms. The van der Waals surface area contributed by atoms with Gasteiger partial charge in [-0.15, -0.1) is 0 Å². The lowest BCUT2D eigenvalue weighted by molar-refractivity contribution is -0.122. The van der Waals surface area contributed by atoms with Crippen molar-refractivity contribution in [2.24, 2.45) is 0 Å². The number of methoxy groups -OCH3 is 1. The Balaban J connectivity index is 1.92. The van der Waals surface area contributed by atoms with E-state index in [1.54, 1.807) is 42.5 Å². The fraction of sp³-hybridized carbons (Fsp3) is 0.182. The molecule has 1 fully saturated rings. The quantitative estimate of drug-likeness (QED) is 0.404. The molecule has 1 saturated heterocycles. The van der Waals surface area contributed by atoms with Gasteiger partial charge >= 0.3 is 0 Å². The van der Waals surface area contributed by atoms with Crippen LogP contribution in [0.15, 0.2) is 48.0 Å². The fourth-order valence-corrected chi connectivity index (χ4v) is 3.20. The van der Waals surface area contributed by atoms with E-state index >= 15 is 0 Å². The topological polar surface area (TPSA) is 101 Å². The second kappa shape index (κ2) is 9.73. The minimum absolute atomic E-state index is 0.00542. The summed E-state index contributed by atoms with van der Waals surface area (Å²) in [6.07, 6.45) is 1.44. The van der Waals surface area contributed by atoms with Crippen molar-refractivity contribution in [3.8, 4) is 23.3 Å². The molecule has 8 nitrogen and oxygen atoms in total. The predicted molar refractivity (Wildman–Crippen MR) is 118 cm³/mol. The van der Waals surface area contributed by atoms with Crippen LogP contribution < -0.4 is 24.4 Å². The van der Waals surface area contributed by atoms with Gasteiger partial charge in [0.2, 0.25) is 0 Å². The van der Waals surface area contributed by atoms with Gasteiger partial charge in [-0.3, -0.25) is 19.8 Å². The molecule has 0 spiro atoms. The number of ether oxygens (including phenoxy) is 3. The number of carbonyl (C=O) groups is 2. The number of rotatable bonds is 7. The zero-order valence-electron chi connectivity index (χ0n) is 16.9. The Kier molecular flexibility index (Phi) is 6.85. The van der Waals surface area contributed by atoms with Gasteiger partial charge in [-0.05, 0) is 67.2 Å². The first-order chi connectivity index (χ1) is 15.0. The molecule has 0 radical (unpaired) electrons. The van der Waals surface area contributed by atoms with Gasteiger partial charge < -0.3 is 14.2 Å². The van der Waals surface area contributed by atoms with Gasteiger partial charge in [0.15, 0.2) is 23.2 Å². The lowest BCUT2D eigenvalue weighted by atomic mass is 10.1. The van der Waals surface area contributed by atoms with Gasteiger partial charge in [0.25, 0.3) is 11.8 Å². The van der Waals surface area contributed by atoms with Crippen molar-refractivity contribution in [1.82, 2.24) is 5.32 Å². The average Bonchev–Trinajstić information content (AvgIpc) is 2.76. The smallest absolute Gasteiger partial charge is 0.270 e. The van der Waals surface area contributed by atoms with Crippen LogP contribution in [0, 0.1) is 11.3 Å². The van der Waals surface area contributed by atoms with Crippen LogP contribution in [-0.4, -0.2) is 37.3 Å². The summed E-state index contributed by atoms with van der Waals surface area (Å²) in [5.74, 6) is 0.254. The molecule has 2 aromatic carbocycles. The van der Waals surface area contributed by atoms with Gasteiger partial charge in [0.05, 0.1) is 19.4 Å². The maximum atomic E-state index is 13.1. The number of benzene rings is 2. The van der Waals surface area contributed by atoms with E-state index in [-0.39, 0.29) is 17.3 Å². The number of carbonyl (C=O) groups excluding carboxylic acids is 2. The van der Waals surface area contributed by atoms with Crippen LogP contribution in [0.1, 0.15) is 12.5 Å². The van der Waals surface area contributed by atoms with Crippen LogP contribution in [0.25, 0.3) is 6.08 Å². The standard InChI is InChI=1S/C22H19N3O5S/c1-3-29-16-7-5-15(6-8-16)25-21(27)17(20(26)24-22(25)31)12-14-4-9-18(30-11-10-23)19(13-14)28-2/h4-9,12-13H,3,11H2,1-2H3,(H,24,26,31). The van der Waals surface area contributed by atoms with Gasteiger partial charge in [-0.25, -0.2) is 0 Å². The summed E-state index contributed by atoms with van der Waals surface area (Å²) >= 11 is 5.21. The van der Waals surface area contributed by atoms with Crippen LogP contribution in [0.2, 0.25) is 0 Å². The molecule has 0 aliphatic carbocycles. The molecular weight excluding hydrogens is 418 g/mol. The van der Waals surface area contributed by atoms with Crippen molar-refractivity contribution in [3.05, 3.63) is 53.6 Å². The molecule has 1 N–H and O–H groups in total. The third-order valence-electron chi connectivity index (χ3n) is 4.30. The Hall–Kier alpha value is -3.90. The van der Waals surface area contributed by atoms with E-state index in [0.29, 0.717) is 35.1 Å². The minimum Gasteiger partial charge on any atom is -0.494 e.